The van der Waals surface area contributed by atoms with Crippen LogP contribution in [0.3, 0.4) is 0 Å². The minimum atomic E-state index is -4.50. The summed E-state index contributed by atoms with van der Waals surface area (Å²) in [6.45, 7) is 1.37. The largest absolute Gasteiger partial charge is 0.497 e. The summed E-state index contributed by atoms with van der Waals surface area (Å²) in [5, 5.41) is 0. The van der Waals surface area contributed by atoms with Crippen LogP contribution in [0.1, 0.15) is 18.5 Å². The topological polar surface area (TPSA) is 38.2 Å². The molecule has 0 spiro atoms. The van der Waals surface area contributed by atoms with Crippen LogP contribution < -0.4 is 9.64 Å². The molecule has 4 nitrogen and oxygen atoms in total. The average molecular weight is 323 g/mol. The summed E-state index contributed by atoms with van der Waals surface area (Å²) in [5.74, 6) is 0.779. The summed E-state index contributed by atoms with van der Waals surface area (Å²) in [7, 11) is 1.53. The molecule has 0 bridgehead atoms. The lowest BCUT2D eigenvalue weighted by Gasteiger charge is -2.18. The Morgan fingerprint density at radius 2 is 1.70 bits per heavy atom. The molecule has 3 rings (SSSR count). The van der Waals surface area contributed by atoms with E-state index in [4.69, 9.17) is 4.74 Å². The zero-order valence-corrected chi connectivity index (χ0v) is 12.6. The van der Waals surface area contributed by atoms with Crippen molar-refractivity contribution in [1.82, 2.24) is 9.97 Å². The number of alkyl halides is 3. The molecule has 0 atom stereocenters. The minimum absolute atomic E-state index is 0.142. The van der Waals surface area contributed by atoms with Gasteiger partial charge in [0.05, 0.1) is 12.8 Å². The number of ether oxygens (including phenoxy) is 1. The van der Waals surface area contributed by atoms with Crippen LogP contribution in [0.25, 0.3) is 11.3 Å². The van der Waals surface area contributed by atoms with Crippen LogP contribution in [0.5, 0.6) is 5.75 Å². The number of nitrogens with zero attached hydrogens (tertiary/aromatic N) is 3. The second-order valence-electron chi connectivity index (χ2n) is 5.36. The normalized spacial score (nSPS) is 15.0. The van der Waals surface area contributed by atoms with E-state index in [-0.39, 0.29) is 11.6 Å². The Kier molecular flexibility index (Phi) is 4.11. The molecule has 0 saturated carbocycles. The summed E-state index contributed by atoms with van der Waals surface area (Å²) < 4.78 is 44.5. The van der Waals surface area contributed by atoms with Crippen molar-refractivity contribution < 1.29 is 17.9 Å². The van der Waals surface area contributed by atoms with E-state index in [1.165, 1.54) is 7.11 Å². The molecule has 0 N–H and O–H groups in total. The molecule has 1 fully saturated rings. The number of methoxy groups -OCH3 is 1. The van der Waals surface area contributed by atoms with Crippen molar-refractivity contribution in [2.24, 2.45) is 0 Å². The molecule has 0 radical (unpaired) electrons. The third kappa shape index (κ3) is 3.38. The molecule has 0 unspecified atom stereocenters. The lowest BCUT2D eigenvalue weighted by atomic mass is 10.1. The van der Waals surface area contributed by atoms with Crippen molar-refractivity contribution in [1.29, 1.82) is 0 Å². The van der Waals surface area contributed by atoms with Crippen molar-refractivity contribution in [3.05, 3.63) is 36.0 Å². The van der Waals surface area contributed by atoms with Crippen LogP contribution >= 0.6 is 0 Å². The maximum absolute atomic E-state index is 13.1. The molecule has 1 saturated heterocycles. The quantitative estimate of drug-likeness (QED) is 0.862. The fourth-order valence-electron chi connectivity index (χ4n) is 2.55. The van der Waals surface area contributed by atoms with Crippen LogP contribution in [-0.4, -0.2) is 30.2 Å². The van der Waals surface area contributed by atoms with Gasteiger partial charge in [0, 0.05) is 18.7 Å². The highest BCUT2D eigenvalue weighted by atomic mass is 19.4. The highest BCUT2D eigenvalue weighted by Crippen LogP contribution is 2.32. The van der Waals surface area contributed by atoms with Gasteiger partial charge in [-0.05, 0) is 43.2 Å². The lowest BCUT2D eigenvalue weighted by Crippen LogP contribution is -2.22. The first-order valence-electron chi connectivity index (χ1n) is 7.33. The maximum Gasteiger partial charge on any atom is 0.433 e. The van der Waals surface area contributed by atoms with Crippen molar-refractivity contribution in [3.8, 4) is 17.0 Å². The Hall–Kier alpha value is -2.31. The molecule has 7 heteroatoms. The third-order valence-corrected chi connectivity index (χ3v) is 3.78. The summed E-state index contributed by atoms with van der Waals surface area (Å²) >= 11 is 0. The van der Waals surface area contributed by atoms with Gasteiger partial charge in [0.15, 0.2) is 5.69 Å². The number of benzene rings is 1. The molecule has 0 amide bonds. The number of hydrogen-bond donors (Lipinski definition) is 0. The van der Waals surface area contributed by atoms with Crippen molar-refractivity contribution in [2.75, 3.05) is 25.1 Å². The van der Waals surface area contributed by atoms with E-state index in [1.807, 2.05) is 0 Å². The van der Waals surface area contributed by atoms with Crippen molar-refractivity contribution in [2.45, 2.75) is 19.0 Å². The van der Waals surface area contributed by atoms with E-state index < -0.39 is 11.9 Å². The predicted octanol–water partition coefficient (Wildman–Crippen LogP) is 3.77. The van der Waals surface area contributed by atoms with Crippen LogP contribution in [0.4, 0.5) is 19.1 Å². The number of rotatable bonds is 3. The number of aromatic nitrogens is 2. The number of anilines is 1. The Morgan fingerprint density at radius 1 is 1.04 bits per heavy atom. The van der Waals surface area contributed by atoms with Crippen LogP contribution in [-0.2, 0) is 6.18 Å². The fourth-order valence-corrected chi connectivity index (χ4v) is 2.55. The van der Waals surface area contributed by atoms with Gasteiger partial charge in [-0.1, -0.05) is 0 Å². The SMILES string of the molecule is COc1ccc(-c2cc(C(F)(F)F)nc(N3CCCC3)n2)cc1. The first kappa shape index (κ1) is 15.6. The highest BCUT2D eigenvalue weighted by molar-refractivity contribution is 5.62. The van der Waals surface area contributed by atoms with Gasteiger partial charge in [-0.15, -0.1) is 0 Å². The van der Waals surface area contributed by atoms with Gasteiger partial charge < -0.3 is 9.64 Å². The second-order valence-corrected chi connectivity index (χ2v) is 5.36. The Morgan fingerprint density at radius 3 is 2.26 bits per heavy atom. The van der Waals surface area contributed by atoms with Crippen LogP contribution in [0.15, 0.2) is 30.3 Å². The van der Waals surface area contributed by atoms with E-state index in [2.05, 4.69) is 9.97 Å². The van der Waals surface area contributed by atoms with Gasteiger partial charge in [-0.2, -0.15) is 13.2 Å². The molecule has 1 aliphatic heterocycles. The second kappa shape index (κ2) is 6.06. The van der Waals surface area contributed by atoms with E-state index in [0.29, 0.717) is 24.4 Å². The van der Waals surface area contributed by atoms with E-state index >= 15 is 0 Å². The first-order valence-corrected chi connectivity index (χ1v) is 7.33. The van der Waals surface area contributed by atoms with Gasteiger partial charge in [0.1, 0.15) is 5.75 Å². The van der Waals surface area contributed by atoms with Gasteiger partial charge in [0.25, 0.3) is 0 Å². The predicted molar refractivity (Wildman–Crippen MR) is 80.5 cm³/mol. The summed E-state index contributed by atoms with van der Waals surface area (Å²) in [5.41, 5.74) is -0.0590. The maximum atomic E-state index is 13.1. The van der Waals surface area contributed by atoms with Gasteiger partial charge in [0.2, 0.25) is 5.95 Å². The molecule has 0 aliphatic carbocycles. The fraction of sp³-hybridized carbons (Fsp3) is 0.375. The van der Waals surface area contributed by atoms with Crippen molar-refractivity contribution in [3.63, 3.8) is 0 Å². The average Bonchev–Trinajstić information content (AvgIpc) is 3.08. The Labute approximate surface area is 131 Å². The molecule has 2 heterocycles. The van der Waals surface area contributed by atoms with E-state index in [1.54, 1.807) is 29.2 Å². The summed E-state index contributed by atoms with van der Waals surface area (Å²) in [6, 6.07) is 7.76. The monoisotopic (exact) mass is 323 g/mol. The highest BCUT2D eigenvalue weighted by Gasteiger charge is 2.34. The van der Waals surface area contributed by atoms with Gasteiger partial charge >= 0.3 is 6.18 Å². The standard InChI is InChI=1S/C16H16F3N3O/c1-23-12-6-4-11(5-7-12)13-10-14(16(17,18)19)21-15(20-13)22-8-2-3-9-22/h4-7,10H,2-3,8-9H2,1H3. The van der Waals surface area contributed by atoms with E-state index in [9.17, 15) is 13.2 Å². The van der Waals surface area contributed by atoms with Crippen LogP contribution in [0.2, 0.25) is 0 Å². The Bertz CT molecular complexity index is 680. The van der Waals surface area contributed by atoms with Crippen LogP contribution in [0, 0.1) is 0 Å². The molecular weight excluding hydrogens is 307 g/mol. The molecule has 1 aromatic heterocycles. The zero-order valence-electron chi connectivity index (χ0n) is 12.6. The minimum Gasteiger partial charge on any atom is -0.497 e. The first-order chi connectivity index (χ1) is 11.0. The van der Waals surface area contributed by atoms with E-state index in [0.717, 1.165) is 18.9 Å². The molecule has 2 aromatic rings. The molecule has 1 aromatic carbocycles. The summed E-state index contributed by atoms with van der Waals surface area (Å²) in [4.78, 5) is 9.83. The third-order valence-electron chi connectivity index (χ3n) is 3.78. The Balaban J connectivity index is 2.05. The number of hydrogen-bond acceptors (Lipinski definition) is 4. The van der Waals surface area contributed by atoms with Gasteiger partial charge in [-0.25, -0.2) is 9.97 Å². The lowest BCUT2D eigenvalue weighted by molar-refractivity contribution is -0.141. The smallest absolute Gasteiger partial charge is 0.433 e. The molecule has 23 heavy (non-hydrogen) atoms. The van der Waals surface area contributed by atoms with Crippen molar-refractivity contribution >= 4 is 5.95 Å². The number of halogens is 3. The van der Waals surface area contributed by atoms with Gasteiger partial charge in [-0.3, -0.25) is 0 Å². The molecule has 1 aliphatic rings. The molecule has 122 valence electrons. The molecular formula is C16H16F3N3O. The summed E-state index contributed by atoms with van der Waals surface area (Å²) in [6.07, 6.45) is -2.62. The zero-order chi connectivity index (χ0) is 16.4.